The maximum absolute atomic E-state index is 11.4. The van der Waals surface area contributed by atoms with Crippen molar-refractivity contribution in [3.63, 3.8) is 0 Å². The molecule has 1 rings (SSSR count). The van der Waals surface area contributed by atoms with Gasteiger partial charge in [-0.2, -0.15) is 0 Å². The Labute approximate surface area is 94.5 Å². The maximum Gasteiger partial charge on any atom is 0.280 e. The molecule has 0 aliphatic carbocycles. The van der Waals surface area contributed by atoms with Crippen LogP contribution in [0.3, 0.4) is 0 Å². The molecule has 0 unspecified atom stereocenters. The van der Waals surface area contributed by atoms with Gasteiger partial charge in [0.1, 0.15) is 4.60 Å². The summed E-state index contributed by atoms with van der Waals surface area (Å²) in [6.45, 7) is 3.47. The number of aromatic nitrogens is 1. The number of hydrogen-bond donors (Lipinski definition) is 2. The lowest BCUT2D eigenvalue weighted by molar-refractivity contribution is 0.0694. The van der Waals surface area contributed by atoms with Crippen LogP contribution in [-0.2, 0) is 0 Å². The zero-order valence-electron chi connectivity index (χ0n) is 7.87. The second-order valence-corrected chi connectivity index (χ2v) is 5.14. The Morgan fingerprint density at radius 3 is 2.86 bits per heavy atom. The Bertz CT molecular complexity index is 332. The molecule has 1 aromatic rings. The highest BCUT2D eigenvalue weighted by Crippen LogP contribution is 2.14. The predicted octanol–water partition coefficient (Wildman–Crippen LogP) is 1.41. The van der Waals surface area contributed by atoms with Crippen LogP contribution in [0.2, 0.25) is 0 Å². The minimum Gasteiger partial charge on any atom is -0.389 e. The highest BCUT2D eigenvalue weighted by Gasteiger charge is 2.16. The molecule has 0 bridgehead atoms. The number of amides is 1. The molecule has 0 aromatic carbocycles. The molecule has 1 aromatic heterocycles. The molecule has 1 heterocycles. The fourth-order valence-corrected chi connectivity index (χ4v) is 1.90. The van der Waals surface area contributed by atoms with Crippen molar-refractivity contribution >= 4 is 33.2 Å². The summed E-state index contributed by atoms with van der Waals surface area (Å²) in [5.41, 5.74) is -0.899. The second kappa shape index (κ2) is 4.37. The van der Waals surface area contributed by atoms with Crippen LogP contribution < -0.4 is 5.32 Å². The van der Waals surface area contributed by atoms with Crippen molar-refractivity contribution in [2.45, 2.75) is 19.4 Å². The lowest BCUT2D eigenvalue weighted by atomic mass is 10.1. The molecule has 78 valence electrons. The molecule has 0 aliphatic rings. The number of rotatable bonds is 3. The Morgan fingerprint density at radius 2 is 2.43 bits per heavy atom. The van der Waals surface area contributed by atoms with E-state index < -0.39 is 5.60 Å². The van der Waals surface area contributed by atoms with Crippen molar-refractivity contribution in [3.8, 4) is 0 Å². The SMILES string of the molecule is CC(C)(O)CNC(=O)c1nc(Br)cs1. The molecule has 4 nitrogen and oxygen atoms in total. The van der Waals surface area contributed by atoms with Gasteiger partial charge in [-0.05, 0) is 29.8 Å². The normalized spacial score (nSPS) is 11.4. The van der Waals surface area contributed by atoms with E-state index in [0.29, 0.717) is 9.61 Å². The summed E-state index contributed by atoms with van der Waals surface area (Å²) in [5.74, 6) is -0.261. The van der Waals surface area contributed by atoms with Crippen LogP contribution in [0.15, 0.2) is 9.98 Å². The van der Waals surface area contributed by atoms with Gasteiger partial charge < -0.3 is 10.4 Å². The van der Waals surface area contributed by atoms with E-state index in [-0.39, 0.29) is 12.5 Å². The van der Waals surface area contributed by atoms with Gasteiger partial charge in [-0.15, -0.1) is 11.3 Å². The van der Waals surface area contributed by atoms with Crippen molar-refractivity contribution < 1.29 is 9.90 Å². The molecule has 6 heteroatoms. The van der Waals surface area contributed by atoms with E-state index in [1.165, 1.54) is 11.3 Å². The fraction of sp³-hybridized carbons (Fsp3) is 0.500. The summed E-state index contributed by atoms with van der Waals surface area (Å²) in [5, 5.41) is 14.1. The van der Waals surface area contributed by atoms with Crippen LogP contribution in [0.4, 0.5) is 0 Å². The largest absolute Gasteiger partial charge is 0.389 e. The quantitative estimate of drug-likeness (QED) is 0.879. The Hall–Kier alpha value is -0.460. The fourth-order valence-electron chi connectivity index (χ4n) is 0.731. The molecule has 0 saturated carbocycles. The number of thiazole rings is 1. The van der Waals surface area contributed by atoms with Crippen LogP contribution in [0.25, 0.3) is 0 Å². The number of carbonyl (C=O) groups is 1. The van der Waals surface area contributed by atoms with Gasteiger partial charge in [-0.25, -0.2) is 4.98 Å². The lowest BCUT2D eigenvalue weighted by Gasteiger charge is -2.16. The van der Waals surface area contributed by atoms with E-state index in [1.807, 2.05) is 0 Å². The molecule has 0 fully saturated rings. The van der Waals surface area contributed by atoms with Crippen LogP contribution in [0, 0.1) is 0 Å². The summed E-state index contributed by atoms with van der Waals surface area (Å²) >= 11 is 4.42. The van der Waals surface area contributed by atoms with Gasteiger partial charge in [-0.3, -0.25) is 4.79 Å². The molecule has 2 N–H and O–H groups in total. The Balaban J connectivity index is 2.52. The zero-order valence-corrected chi connectivity index (χ0v) is 10.3. The Morgan fingerprint density at radius 1 is 1.79 bits per heavy atom. The molecule has 0 radical (unpaired) electrons. The van der Waals surface area contributed by atoms with Crippen LogP contribution in [-0.4, -0.2) is 28.1 Å². The van der Waals surface area contributed by atoms with Crippen molar-refractivity contribution in [3.05, 3.63) is 15.0 Å². The highest BCUT2D eigenvalue weighted by molar-refractivity contribution is 9.10. The molecule has 1 amide bonds. The second-order valence-electron chi connectivity index (χ2n) is 3.47. The number of carbonyl (C=O) groups excluding carboxylic acids is 1. The van der Waals surface area contributed by atoms with Gasteiger partial charge in [-0.1, -0.05) is 0 Å². The van der Waals surface area contributed by atoms with E-state index in [9.17, 15) is 9.90 Å². The van der Waals surface area contributed by atoms with Gasteiger partial charge in [0.25, 0.3) is 5.91 Å². The third kappa shape index (κ3) is 3.73. The molecular formula is C8H11BrN2O2S. The van der Waals surface area contributed by atoms with Crippen molar-refractivity contribution in [2.75, 3.05) is 6.54 Å². The molecule has 0 saturated heterocycles. The minimum atomic E-state index is -0.899. The number of nitrogens with zero attached hydrogens (tertiary/aromatic N) is 1. The number of halogens is 1. The molecule has 14 heavy (non-hydrogen) atoms. The first-order chi connectivity index (χ1) is 6.38. The van der Waals surface area contributed by atoms with E-state index >= 15 is 0 Å². The van der Waals surface area contributed by atoms with Crippen LogP contribution in [0.1, 0.15) is 23.6 Å². The molecule has 0 atom stereocenters. The number of aliphatic hydroxyl groups is 1. The average Bonchev–Trinajstić information content (AvgIpc) is 2.46. The first kappa shape index (κ1) is 11.6. The number of nitrogens with one attached hydrogen (secondary N) is 1. The van der Waals surface area contributed by atoms with E-state index in [4.69, 9.17) is 0 Å². The lowest BCUT2D eigenvalue weighted by Crippen LogP contribution is -2.38. The van der Waals surface area contributed by atoms with Crippen molar-refractivity contribution in [1.29, 1.82) is 0 Å². The molecular weight excluding hydrogens is 268 g/mol. The van der Waals surface area contributed by atoms with Gasteiger partial charge in [0, 0.05) is 11.9 Å². The van der Waals surface area contributed by atoms with Gasteiger partial charge in [0.05, 0.1) is 5.60 Å². The smallest absolute Gasteiger partial charge is 0.280 e. The molecule has 0 spiro atoms. The third-order valence-corrected chi connectivity index (χ3v) is 2.90. The maximum atomic E-state index is 11.4. The monoisotopic (exact) mass is 278 g/mol. The summed E-state index contributed by atoms with van der Waals surface area (Å²) < 4.78 is 0.649. The van der Waals surface area contributed by atoms with Gasteiger partial charge >= 0.3 is 0 Å². The summed E-state index contributed by atoms with van der Waals surface area (Å²) in [4.78, 5) is 15.4. The standard InChI is InChI=1S/C8H11BrN2O2S/c1-8(2,13)4-10-6(12)7-11-5(9)3-14-7/h3,13H,4H2,1-2H3,(H,10,12). The van der Waals surface area contributed by atoms with Gasteiger partial charge in [0.15, 0.2) is 5.01 Å². The topological polar surface area (TPSA) is 62.2 Å². The minimum absolute atomic E-state index is 0.211. The summed E-state index contributed by atoms with van der Waals surface area (Å²) in [6.07, 6.45) is 0. The predicted molar refractivity (Wildman–Crippen MR) is 58.4 cm³/mol. The third-order valence-electron chi connectivity index (χ3n) is 1.35. The summed E-state index contributed by atoms with van der Waals surface area (Å²) in [6, 6.07) is 0. The highest BCUT2D eigenvalue weighted by atomic mass is 79.9. The van der Waals surface area contributed by atoms with Crippen molar-refractivity contribution in [1.82, 2.24) is 10.3 Å². The van der Waals surface area contributed by atoms with E-state index in [2.05, 4.69) is 26.2 Å². The first-order valence-electron chi connectivity index (χ1n) is 4.00. The molecule has 0 aliphatic heterocycles. The average molecular weight is 279 g/mol. The van der Waals surface area contributed by atoms with Crippen LogP contribution >= 0.6 is 27.3 Å². The Kier molecular flexibility index (Phi) is 3.63. The van der Waals surface area contributed by atoms with E-state index in [0.717, 1.165) is 0 Å². The number of hydrogen-bond acceptors (Lipinski definition) is 4. The van der Waals surface area contributed by atoms with Crippen molar-refractivity contribution in [2.24, 2.45) is 0 Å². The van der Waals surface area contributed by atoms with Crippen LogP contribution in [0.5, 0.6) is 0 Å². The van der Waals surface area contributed by atoms with E-state index in [1.54, 1.807) is 19.2 Å². The van der Waals surface area contributed by atoms with Gasteiger partial charge in [0.2, 0.25) is 0 Å². The zero-order chi connectivity index (χ0) is 10.8. The summed E-state index contributed by atoms with van der Waals surface area (Å²) in [7, 11) is 0. The first-order valence-corrected chi connectivity index (χ1v) is 5.67.